The molecule has 2 rings (SSSR count). The molecule has 1 aromatic rings. The summed E-state index contributed by atoms with van der Waals surface area (Å²) in [6.45, 7) is 5.04. The second-order valence-electron chi connectivity index (χ2n) is 4.61. The first-order valence-corrected chi connectivity index (χ1v) is 6.58. The highest BCUT2D eigenvalue weighted by atomic mass is 16.5. The summed E-state index contributed by atoms with van der Waals surface area (Å²) in [4.78, 5) is 4.57. The number of anilines is 2. The minimum atomic E-state index is -0.0252. The van der Waals surface area contributed by atoms with E-state index in [0.29, 0.717) is 0 Å². The van der Waals surface area contributed by atoms with Crippen LogP contribution < -0.4 is 15.8 Å². The Morgan fingerprint density at radius 1 is 1.39 bits per heavy atom. The number of fused-ring (bicyclic) bond motifs is 1. The van der Waals surface area contributed by atoms with Crippen molar-refractivity contribution in [3.05, 3.63) is 18.2 Å². The van der Waals surface area contributed by atoms with Crippen molar-refractivity contribution in [2.24, 2.45) is 4.99 Å². The first kappa shape index (κ1) is 12.7. The van der Waals surface area contributed by atoms with Crippen LogP contribution in [0.15, 0.2) is 23.2 Å². The van der Waals surface area contributed by atoms with Crippen molar-refractivity contribution in [2.75, 3.05) is 17.6 Å². The molecule has 1 heterocycles. The Hall–Kier alpha value is -1.71. The van der Waals surface area contributed by atoms with Gasteiger partial charge in [-0.3, -0.25) is 4.99 Å². The molecule has 1 unspecified atom stereocenters. The lowest BCUT2D eigenvalue weighted by molar-refractivity contribution is 0.282. The van der Waals surface area contributed by atoms with Gasteiger partial charge in [0.25, 0.3) is 0 Å². The molecule has 1 aliphatic heterocycles. The Morgan fingerprint density at radius 3 is 3.00 bits per heavy atom. The topological polar surface area (TPSA) is 59.6 Å². The SMILES string of the molecule is CCCCCN=C1Nc2cc(N)ccc2OC1C. The van der Waals surface area contributed by atoms with E-state index < -0.39 is 0 Å². The summed E-state index contributed by atoms with van der Waals surface area (Å²) in [5.74, 6) is 1.73. The van der Waals surface area contributed by atoms with Crippen LogP contribution in [0.25, 0.3) is 0 Å². The van der Waals surface area contributed by atoms with E-state index in [1.807, 2.05) is 25.1 Å². The summed E-state index contributed by atoms with van der Waals surface area (Å²) in [6, 6.07) is 5.61. The Kier molecular flexibility index (Phi) is 4.07. The first-order valence-electron chi connectivity index (χ1n) is 6.58. The predicted molar refractivity (Wildman–Crippen MR) is 76.4 cm³/mol. The zero-order valence-electron chi connectivity index (χ0n) is 11.1. The van der Waals surface area contributed by atoms with Gasteiger partial charge in [-0.15, -0.1) is 0 Å². The van der Waals surface area contributed by atoms with Crippen LogP contribution in [0.3, 0.4) is 0 Å². The molecule has 1 aliphatic rings. The largest absolute Gasteiger partial charge is 0.481 e. The lowest BCUT2D eigenvalue weighted by Gasteiger charge is -2.26. The van der Waals surface area contributed by atoms with Crippen molar-refractivity contribution >= 4 is 17.2 Å². The number of nitrogens with zero attached hydrogens (tertiary/aromatic N) is 1. The van der Waals surface area contributed by atoms with E-state index in [9.17, 15) is 0 Å². The quantitative estimate of drug-likeness (QED) is 0.635. The minimum Gasteiger partial charge on any atom is -0.481 e. The number of unbranched alkanes of at least 4 members (excludes halogenated alkanes) is 2. The molecule has 4 heteroatoms. The average molecular weight is 247 g/mol. The smallest absolute Gasteiger partial charge is 0.153 e. The van der Waals surface area contributed by atoms with Gasteiger partial charge >= 0.3 is 0 Å². The molecule has 0 fully saturated rings. The number of hydrogen-bond donors (Lipinski definition) is 2. The summed E-state index contributed by atoms with van der Waals surface area (Å²) < 4.78 is 5.81. The fourth-order valence-corrected chi connectivity index (χ4v) is 1.96. The predicted octanol–water partition coefficient (Wildman–Crippen LogP) is 3.05. The highest BCUT2D eigenvalue weighted by Crippen LogP contribution is 2.31. The van der Waals surface area contributed by atoms with Crippen LogP contribution in [0.1, 0.15) is 33.1 Å². The van der Waals surface area contributed by atoms with Gasteiger partial charge in [0.1, 0.15) is 11.6 Å². The molecule has 18 heavy (non-hydrogen) atoms. The first-order chi connectivity index (χ1) is 8.70. The molecule has 98 valence electrons. The maximum Gasteiger partial charge on any atom is 0.153 e. The third kappa shape index (κ3) is 2.94. The third-order valence-electron chi connectivity index (χ3n) is 3.00. The van der Waals surface area contributed by atoms with E-state index in [1.165, 1.54) is 12.8 Å². The zero-order chi connectivity index (χ0) is 13.0. The van der Waals surface area contributed by atoms with E-state index in [4.69, 9.17) is 10.5 Å². The van der Waals surface area contributed by atoms with E-state index in [1.54, 1.807) is 0 Å². The van der Waals surface area contributed by atoms with Crippen LogP contribution in [0.4, 0.5) is 11.4 Å². The van der Waals surface area contributed by atoms with Crippen molar-refractivity contribution in [3.63, 3.8) is 0 Å². The molecule has 1 atom stereocenters. The maximum atomic E-state index is 5.81. The number of ether oxygens (including phenoxy) is 1. The number of nitrogens with two attached hydrogens (primary N) is 1. The zero-order valence-corrected chi connectivity index (χ0v) is 11.1. The van der Waals surface area contributed by atoms with Crippen molar-refractivity contribution in [1.29, 1.82) is 0 Å². The number of amidine groups is 1. The van der Waals surface area contributed by atoms with Crippen molar-refractivity contribution in [2.45, 2.75) is 39.2 Å². The fraction of sp³-hybridized carbons (Fsp3) is 0.500. The highest BCUT2D eigenvalue weighted by molar-refractivity contribution is 6.02. The molecule has 0 saturated carbocycles. The fourth-order valence-electron chi connectivity index (χ4n) is 1.96. The second-order valence-corrected chi connectivity index (χ2v) is 4.61. The summed E-state index contributed by atoms with van der Waals surface area (Å²) >= 11 is 0. The molecule has 0 saturated heterocycles. The number of nitrogens with one attached hydrogen (secondary N) is 1. The Balaban J connectivity index is 2.07. The van der Waals surface area contributed by atoms with Crippen LogP contribution in [0.5, 0.6) is 5.75 Å². The number of nitrogen functional groups attached to an aromatic ring is 1. The van der Waals surface area contributed by atoms with Crippen LogP contribution in [0, 0.1) is 0 Å². The molecule has 0 bridgehead atoms. The van der Waals surface area contributed by atoms with Crippen LogP contribution in [-0.4, -0.2) is 18.5 Å². The summed E-state index contributed by atoms with van der Waals surface area (Å²) in [6.07, 6.45) is 3.53. The summed E-state index contributed by atoms with van der Waals surface area (Å²) in [5.41, 5.74) is 7.40. The van der Waals surface area contributed by atoms with Gasteiger partial charge in [0.15, 0.2) is 6.10 Å². The molecule has 0 radical (unpaired) electrons. The van der Waals surface area contributed by atoms with Gasteiger partial charge in [-0.25, -0.2) is 0 Å². The molecule has 0 aliphatic carbocycles. The number of benzene rings is 1. The summed E-state index contributed by atoms with van der Waals surface area (Å²) in [7, 11) is 0. The minimum absolute atomic E-state index is 0.0252. The summed E-state index contributed by atoms with van der Waals surface area (Å²) in [5, 5.41) is 3.31. The number of rotatable bonds is 4. The van der Waals surface area contributed by atoms with Gasteiger partial charge in [-0.2, -0.15) is 0 Å². The van der Waals surface area contributed by atoms with Crippen molar-refractivity contribution in [3.8, 4) is 5.75 Å². The molecule has 0 aromatic heterocycles. The maximum absolute atomic E-state index is 5.81. The van der Waals surface area contributed by atoms with Crippen LogP contribution >= 0.6 is 0 Å². The average Bonchev–Trinajstić information content (AvgIpc) is 2.35. The number of hydrogen-bond acceptors (Lipinski definition) is 3. The highest BCUT2D eigenvalue weighted by Gasteiger charge is 2.21. The van der Waals surface area contributed by atoms with E-state index in [0.717, 1.165) is 35.9 Å². The second kappa shape index (κ2) is 5.76. The van der Waals surface area contributed by atoms with Gasteiger partial charge < -0.3 is 15.8 Å². The van der Waals surface area contributed by atoms with Gasteiger partial charge in [0.2, 0.25) is 0 Å². The van der Waals surface area contributed by atoms with Crippen molar-refractivity contribution < 1.29 is 4.74 Å². The van der Waals surface area contributed by atoms with Gasteiger partial charge in [-0.05, 0) is 31.5 Å². The molecular formula is C14H21N3O. The molecular weight excluding hydrogens is 226 g/mol. The Labute approximate surface area is 108 Å². The van der Waals surface area contributed by atoms with E-state index >= 15 is 0 Å². The molecule has 0 spiro atoms. The molecule has 3 N–H and O–H groups in total. The monoisotopic (exact) mass is 247 g/mol. The normalized spacial score (nSPS) is 20.1. The Morgan fingerprint density at radius 2 is 2.22 bits per heavy atom. The van der Waals surface area contributed by atoms with Crippen molar-refractivity contribution in [1.82, 2.24) is 0 Å². The van der Waals surface area contributed by atoms with Gasteiger partial charge in [0.05, 0.1) is 5.69 Å². The lowest BCUT2D eigenvalue weighted by Crippen LogP contribution is -2.35. The van der Waals surface area contributed by atoms with E-state index in [2.05, 4.69) is 17.2 Å². The lowest BCUT2D eigenvalue weighted by atomic mass is 10.2. The molecule has 4 nitrogen and oxygen atoms in total. The standard InChI is InChI=1S/C14H21N3O/c1-3-4-5-8-16-14-10(2)18-13-7-6-11(15)9-12(13)17-14/h6-7,9-10H,3-5,8,15H2,1-2H3,(H,16,17). The van der Waals surface area contributed by atoms with Crippen LogP contribution in [0.2, 0.25) is 0 Å². The van der Waals surface area contributed by atoms with Crippen LogP contribution in [-0.2, 0) is 0 Å². The third-order valence-corrected chi connectivity index (χ3v) is 3.00. The van der Waals surface area contributed by atoms with Gasteiger partial charge in [0, 0.05) is 12.2 Å². The molecule has 1 aromatic carbocycles. The van der Waals surface area contributed by atoms with Gasteiger partial charge in [-0.1, -0.05) is 19.8 Å². The Bertz CT molecular complexity index is 443. The number of aliphatic imine (C=N–C) groups is 1. The van der Waals surface area contributed by atoms with E-state index in [-0.39, 0.29) is 6.10 Å². The molecule has 0 amide bonds.